The quantitative estimate of drug-likeness (QED) is 0.478. The molecular weight excluding hydrogens is 313 g/mol. The number of aromatic nitrogens is 1. The zero-order chi connectivity index (χ0) is 15.8. The fourth-order valence-corrected chi connectivity index (χ4v) is 2.71. The van der Waals surface area contributed by atoms with Crippen LogP contribution in [0.5, 0.6) is 0 Å². The zero-order valence-corrected chi connectivity index (χ0v) is 13.7. The molecule has 0 amide bonds. The summed E-state index contributed by atoms with van der Waals surface area (Å²) in [6.45, 7) is 5.48. The molecule has 0 spiro atoms. The van der Waals surface area contributed by atoms with Crippen molar-refractivity contribution in [3.8, 4) is 0 Å². The predicted molar refractivity (Wildman–Crippen MR) is 80.6 cm³/mol. The van der Waals surface area contributed by atoms with Crippen molar-refractivity contribution in [3.63, 3.8) is 0 Å². The second-order valence-electron chi connectivity index (χ2n) is 6.26. The lowest BCUT2D eigenvalue weighted by Crippen LogP contribution is -2.39. The van der Waals surface area contributed by atoms with E-state index in [0.29, 0.717) is 18.4 Å². The molecule has 6 heteroatoms. The van der Waals surface area contributed by atoms with Gasteiger partial charge in [-0.15, -0.1) is 0 Å². The predicted octanol–water partition coefficient (Wildman–Crippen LogP) is 3.94. The Morgan fingerprint density at radius 2 is 1.67 bits per heavy atom. The summed E-state index contributed by atoms with van der Waals surface area (Å²) in [4.78, 5) is 28.0. The van der Waals surface area contributed by atoms with Gasteiger partial charge in [0.1, 0.15) is 15.9 Å². The van der Waals surface area contributed by atoms with Crippen LogP contribution in [-0.4, -0.2) is 22.3 Å². The third-order valence-corrected chi connectivity index (χ3v) is 3.68. The zero-order valence-electron chi connectivity index (χ0n) is 12.2. The van der Waals surface area contributed by atoms with Gasteiger partial charge < -0.3 is 4.74 Å². The molecule has 0 radical (unpaired) electrons. The van der Waals surface area contributed by atoms with Gasteiger partial charge in [-0.2, -0.15) is 0 Å². The van der Waals surface area contributed by atoms with Gasteiger partial charge in [0.25, 0.3) is 0 Å². The molecule has 4 nitrogen and oxygen atoms in total. The van der Waals surface area contributed by atoms with Crippen LogP contribution in [0.2, 0.25) is 10.3 Å². The van der Waals surface area contributed by atoms with Crippen molar-refractivity contribution >= 4 is 35.0 Å². The van der Waals surface area contributed by atoms with E-state index in [9.17, 15) is 9.59 Å². The number of ketones is 1. The third-order valence-electron chi connectivity index (χ3n) is 3.30. The first-order chi connectivity index (χ1) is 9.65. The lowest BCUT2D eigenvalue weighted by Gasteiger charge is -2.34. The van der Waals surface area contributed by atoms with E-state index in [-0.39, 0.29) is 33.9 Å². The number of ether oxygens (including phenoxy) is 1. The molecule has 0 saturated heterocycles. The van der Waals surface area contributed by atoms with Gasteiger partial charge in [0.15, 0.2) is 5.78 Å². The Hall–Kier alpha value is -1.13. The summed E-state index contributed by atoms with van der Waals surface area (Å²) in [5.74, 6) is -0.679. The normalized spacial score (nSPS) is 21.6. The van der Waals surface area contributed by atoms with Crippen LogP contribution in [0.3, 0.4) is 0 Å². The van der Waals surface area contributed by atoms with Crippen LogP contribution >= 0.6 is 23.2 Å². The number of hydrogen-bond donors (Lipinski definition) is 0. The molecule has 0 bridgehead atoms. The van der Waals surface area contributed by atoms with Gasteiger partial charge in [-0.3, -0.25) is 9.59 Å². The minimum Gasteiger partial charge on any atom is -0.460 e. The molecule has 1 saturated carbocycles. The van der Waals surface area contributed by atoms with Crippen LogP contribution in [0, 0.1) is 11.8 Å². The standard InChI is InChI=1S/C15H17Cl2NO3/c1-15(2,3)21-14(20)10-4-8(5-10)13(19)9-6-11(16)18-12(17)7-9/h6-8,10H,4-5H2,1-3H3. The Labute approximate surface area is 133 Å². The highest BCUT2D eigenvalue weighted by molar-refractivity contribution is 6.33. The van der Waals surface area contributed by atoms with Gasteiger partial charge >= 0.3 is 5.97 Å². The van der Waals surface area contributed by atoms with E-state index in [0.717, 1.165) is 0 Å². The molecule has 0 unspecified atom stereocenters. The Morgan fingerprint density at radius 1 is 1.14 bits per heavy atom. The van der Waals surface area contributed by atoms with Gasteiger partial charge in [0, 0.05) is 11.5 Å². The van der Waals surface area contributed by atoms with E-state index in [1.54, 1.807) is 0 Å². The second kappa shape index (κ2) is 5.93. The lowest BCUT2D eigenvalue weighted by atomic mass is 9.71. The van der Waals surface area contributed by atoms with Crippen molar-refractivity contribution in [1.29, 1.82) is 0 Å². The van der Waals surface area contributed by atoms with Crippen LogP contribution in [0.1, 0.15) is 44.0 Å². The molecule has 1 fully saturated rings. The highest BCUT2D eigenvalue weighted by atomic mass is 35.5. The van der Waals surface area contributed by atoms with Crippen molar-refractivity contribution in [1.82, 2.24) is 4.98 Å². The first kappa shape index (κ1) is 16.2. The maximum Gasteiger partial charge on any atom is 0.309 e. The van der Waals surface area contributed by atoms with Crippen LogP contribution < -0.4 is 0 Å². The summed E-state index contributed by atoms with van der Waals surface area (Å²) < 4.78 is 5.31. The number of carbonyl (C=O) groups is 2. The topological polar surface area (TPSA) is 56.3 Å². The minimum absolute atomic E-state index is 0.0546. The molecule has 1 aliphatic carbocycles. The van der Waals surface area contributed by atoms with Gasteiger partial charge in [-0.05, 0) is 45.7 Å². The monoisotopic (exact) mass is 329 g/mol. The molecule has 2 rings (SSSR count). The third kappa shape index (κ3) is 4.17. The molecule has 114 valence electrons. The van der Waals surface area contributed by atoms with Crippen molar-refractivity contribution in [2.45, 2.75) is 39.2 Å². The van der Waals surface area contributed by atoms with Crippen molar-refractivity contribution in [2.24, 2.45) is 11.8 Å². The second-order valence-corrected chi connectivity index (χ2v) is 7.04. The average Bonchev–Trinajstić information content (AvgIpc) is 2.22. The SMILES string of the molecule is CC(C)(C)OC(=O)C1CC(C(=O)c2cc(Cl)nc(Cl)c2)C1. The first-order valence-electron chi connectivity index (χ1n) is 6.76. The Kier molecular flexibility index (Phi) is 4.59. The molecule has 21 heavy (non-hydrogen) atoms. The van der Waals surface area contributed by atoms with Crippen molar-refractivity contribution in [3.05, 3.63) is 28.0 Å². The Bertz CT molecular complexity index is 555. The molecule has 0 atom stereocenters. The molecule has 1 heterocycles. The first-order valence-corrected chi connectivity index (χ1v) is 7.51. The van der Waals surface area contributed by atoms with Crippen LogP contribution in [0.15, 0.2) is 12.1 Å². The summed E-state index contributed by atoms with van der Waals surface area (Å²) in [7, 11) is 0. The average molecular weight is 330 g/mol. The summed E-state index contributed by atoms with van der Waals surface area (Å²) >= 11 is 11.6. The minimum atomic E-state index is -0.502. The van der Waals surface area contributed by atoms with Crippen LogP contribution in [-0.2, 0) is 9.53 Å². The van der Waals surface area contributed by atoms with Gasteiger partial charge in [-0.1, -0.05) is 23.2 Å². The number of nitrogens with zero attached hydrogens (tertiary/aromatic N) is 1. The van der Waals surface area contributed by atoms with E-state index >= 15 is 0 Å². The summed E-state index contributed by atoms with van der Waals surface area (Å²) in [5.41, 5.74) is -0.0640. The maximum absolute atomic E-state index is 12.3. The maximum atomic E-state index is 12.3. The fourth-order valence-electron chi connectivity index (χ4n) is 2.25. The molecule has 1 aliphatic rings. The smallest absolute Gasteiger partial charge is 0.309 e. The molecule has 0 aliphatic heterocycles. The number of esters is 1. The fraction of sp³-hybridized carbons (Fsp3) is 0.533. The van der Waals surface area contributed by atoms with Gasteiger partial charge in [0.2, 0.25) is 0 Å². The van der Waals surface area contributed by atoms with Gasteiger partial charge in [0.05, 0.1) is 5.92 Å². The number of pyridine rings is 1. The van der Waals surface area contributed by atoms with E-state index in [4.69, 9.17) is 27.9 Å². The Morgan fingerprint density at radius 3 is 2.14 bits per heavy atom. The summed E-state index contributed by atoms with van der Waals surface area (Å²) in [5, 5.41) is 0.378. The Balaban J connectivity index is 1.95. The van der Waals surface area contributed by atoms with Crippen molar-refractivity contribution in [2.75, 3.05) is 0 Å². The number of halogens is 2. The number of rotatable bonds is 3. The highest BCUT2D eigenvalue weighted by Gasteiger charge is 2.41. The highest BCUT2D eigenvalue weighted by Crippen LogP contribution is 2.38. The molecule has 1 aromatic rings. The lowest BCUT2D eigenvalue weighted by molar-refractivity contribution is -0.164. The van der Waals surface area contributed by atoms with Crippen molar-refractivity contribution < 1.29 is 14.3 Å². The van der Waals surface area contributed by atoms with Crippen LogP contribution in [0.4, 0.5) is 0 Å². The summed E-state index contributed by atoms with van der Waals surface area (Å²) in [6.07, 6.45) is 1.01. The van der Waals surface area contributed by atoms with Gasteiger partial charge in [-0.25, -0.2) is 4.98 Å². The van der Waals surface area contributed by atoms with E-state index < -0.39 is 5.60 Å². The summed E-state index contributed by atoms with van der Waals surface area (Å²) in [6, 6.07) is 2.99. The largest absolute Gasteiger partial charge is 0.460 e. The molecule has 1 aromatic heterocycles. The molecule has 0 aromatic carbocycles. The number of carbonyl (C=O) groups excluding carboxylic acids is 2. The van der Waals surface area contributed by atoms with E-state index in [1.807, 2.05) is 20.8 Å². The van der Waals surface area contributed by atoms with E-state index in [2.05, 4.69) is 4.98 Å². The van der Waals surface area contributed by atoms with E-state index in [1.165, 1.54) is 12.1 Å². The van der Waals surface area contributed by atoms with Crippen LogP contribution in [0.25, 0.3) is 0 Å². The molecule has 0 N–H and O–H groups in total. The molecular formula is C15H17Cl2NO3. The number of Topliss-reactive ketones (excluding diaryl/α,β-unsaturated/α-hetero) is 1. The number of hydrogen-bond acceptors (Lipinski definition) is 4.